The first-order valence-corrected chi connectivity index (χ1v) is 16.3. The highest BCUT2D eigenvalue weighted by Gasteiger charge is 2.31. The standard InChI is InChI=1S/C38H36N4O6/c43-29-13-14-30-33(44)23-35(48-34(30)22-29)37(46)39-31(21-25-11-12-26-6-1-2-7-27(26)20-25)38(47)41-18-16-40(17-19-41)32-9-4-3-8-28(32)24-42-15-5-10-36(42)45/h1-4,6-9,11-14,20,22-23,31,43H,5,10,15-19,21,24H2,(H,39,46)/t31-/m1/s1. The van der Waals surface area contributed by atoms with Crippen molar-refractivity contribution in [2.75, 3.05) is 37.6 Å². The SMILES string of the molecule is O=C(N[C@H](Cc1ccc2ccccc2c1)C(=O)N1CCN(c2ccccc2CN2CCCC2=O)CC1)c1cc(=O)c2ccc(O)cc2o1. The number of carbonyl (C=O) groups is 3. The summed E-state index contributed by atoms with van der Waals surface area (Å²) in [6, 6.07) is 26.3. The predicted octanol–water partition coefficient (Wildman–Crippen LogP) is 4.46. The van der Waals surface area contributed by atoms with E-state index in [-0.39, 0.29) is 40.7 Å². The van der Waals surface area contributed by atoms with Gasteiger partial charge in [0.2, 0.25) is 11.8 Å². The summed E-state index contributed by atoms with van der Waals surface area (Å²) in [5.74, 6) is -1.08. The Morgan fingerprint density at radius 1 is 0.833 bits per heavy atom. The van der Waals surface area contributed by atoms with E-state index >= 15 is 0 Å². The molecule has 2 N–H and O–H groups in total. The molecule has 0 radical (unpaired) electrons. The van der Waals surface area contributed by atoms with Gasteiger partial charge >= 0.3 is 0 Å². The topological polar surface area (TPSA) is 123 Å². The molecule has 2 fully saturated rings. The Hall–Kier alpha value is -5.64. The van der Waals surface area contributed by atoms with Crippen LogP contribution in [-0.2, 0) is 22.6 Å². The average molecular weight is 645 g/mol. The van der Waals surface area contributed by atoms with Crippen LogP contribution >= 0.6 is 0 Å². The van der Waals surface area contributed by atoms with Crippen LogP contribution in [0.2, 0.25) is 0 Å². The van der Waals surface area contributed by atoms with Crippen LogP contribution < -0.4 is 15.6 Å². The van der Waals surface area contributed by atoms with Crippen LogP contribution in [0.5, 0.6) is 5.75 Å². The Morgan fingerprint density at radius 2 is 1.60 bits per heavy atom. The lowest BCUT2D eigenvalue weighted by molar-refractivity contribution is -0.133. The maximum absolute atomic E-state index is 14.2. The number of amides is 3. The van der Waals surface area contributed by atoms with Crippen molar-refractivity contribution in [3.8, 4) is 5.75 Å². The first kappa shape index (κ1) is 31.0. The lowest BCUT2D eigenvalue weighted by atomic mass is 10.0. The van der Waals surface area contributed by atoms with Crippen molar-refractivity contribution in [1.82, 2.24) is 15.1 Å². The number of phenols is 1. The maximum Gasteiger partial charge on any atom is 0.287 e. The molecule has 4 aromatic carbocycles. The van der Waals surface area contributed by atoms with Gasteiger partial charge in [-0.05, 0) is 46.5 Å². The predicted molar refractivity (Wildman–Crippen MR) is 183 cm³/mol. The third-order valence-electron chi connectivity index (χ3n) is 9.25. The molecular formula is C38H36N4O6. The molecule has 0 bridgehead atoms. The number of hydrogen-bond acceptors (Lipinski definition) is 7. The number of nitrogens with zero attached hydrogens (tertiary/aromatic N) is 3. The number of piperazine rings is 1. The molecule has 10 nitrogen and oxygen atoms in total. The van der Waals surface area contributed by atoms with Gasteiger partial charge in [-0.15, -0.1) is 0 Å². The number of carbonyl (C=O) groups excluding carboxylic acids is 3. The zero-order valence-corrected chi connectivity index (χ0v) is 26.4. The van der Waals surface area contributed by atoms with E-state index in [9.17, 15) is 24.3 Å². The van der Waals surface area contributed by atoms with E-state index in [1.54, 1.807) is 4.90 Å². The van der Waals surface area contributed by atoms with Crippen LogP contribution in [0, 0.1) is 0 Å². The van der Waals surface area contributed by atoms with Gasteiger partial charge in [-0.3, -0.25) is 19.2 Å². The molecule has 48 heavy (non-hydrogen) atoms. The van der Waals surface area contributed by atoms with Crippen LogP contribution in [0.1, 0.15) is 34.5 Å². The number of hydrogen-bond donors (Lipinski definition) is 2. The Kier molecular flexibility index (Phi) is 8.54. The monoisotopic (exact) mass is 644 g/mol. The van der Waals surface area contributed by atoms with Crippen molar-refractivity contribution in [3.05, 3.63) is 118 Å². The molecule has 0 saturated carbocycles. The van der Waals surface area contributed by atoms with Crippen molar-refractivity contribution in [1.29, 1.82) is 0 Å². The van der Waals surface area contributed by atoms with Crippen LogP contribution in [0.15, 0.2) is 100 Å². The summed E-state index contributed by atoms with van der Waals surface area (Å²) in [7, 11) is 0. The molecule has 1 atom stereocenters. The van der Waals surface area contributed by atoms with E-state index in [4.69, 9.17) is 4.42 Å². The van der Waals surface area contributed by atoms with E-state index in [2.05, 4.69) is 22.3 Å². The average Bonchev–Trinajstić information content (AvgIpc) is 3.51. The van der Waals surface area contributed by atoms with Crippen LogP contribution in [-0.4, -0.2) is 71.4 Å². The summed E-state index contributed by atoms with van der Waals surface area (Å²) in [5, 5.41) is 15.1. The third kappa shape index (κ3) is 6.46. The fourth-order valence-electron chi connectivity index (χ4n) is 6.70. The quantitative estimate of drug-likeness (QED) is 0.256. The van der Waals surface area contributed by atoms with Crippen LogP contribution in [0.25, 0.3) is 21.7 Å². The molecule has 0 aliphatic carbocycles. The second-order valence-electron chi connectivity index (χ2n) is 12.4. The molecule has 0 unspecified atom stereocenters. The number of phenolic OH excluding ortho intramolecular Hbond substituents is 1. The molecule has 1 aromatic heterocycles. The van der Waals surface area contributed by atoms with Gasteiger partial charge in [0.05, 0.1) is 5.39 Å². The summed E-state index contributed by atoms with van der Waals surface area (Å²) in [5.41, 5.74) is 2.67. The zero-order valence-electron chi connectivity index (χ0n) is 26.4. The highest BCUT2D eigenvalue weighted by Crippen LogP contribution is 2.26. The van der Waals surface area contributed by atoms with Gasteiger partial charge in [-0.1, -0.05) is 60.7 Å². The lowest BCUT2D eigenvalue weighted by Gasteiger charge is -2.38. The molecule has 0 spiro atoms. The second kappa shape index (κ2) is 13.2. The van der Waals surface area contributed by atoms with Crippen molar-refractivity contribution >= 4 is 45.2 Å². The summed E-state index contributed by atoms with van der Waals surface area (Å²) >= 11 is 0. The zero-order chi connectivity index (χ0) is 33.2. The maximum atomic E-state index is 14.2. The number of para-hydroxylation sites is 1. The molecule has 10 heteroatoms. The summed E-state index contributed by atoms with van der Waals surface area (Å²) < 4.78 is 5.72. The van der Waals surface area contributed by atoms with E-state index in [0.717, 1.165) is 46.6 Å². The van der Waals surface area contributed by atoms with Crippen molar-refractivity contribution < 1.29 is 23.9 Å². The normalized spacial score (nSPS) is 15.7. The van der Waals surface area contributed by atoms with Gasteiger partial charge in [0.1, 0.15) is 17.4 Å². The smallest absolute Gasteiger partial charge is 0.287 e. The number of nitrogens with one attached hydrogen (secondary N) is 1. The Morgan fingerprint density at radius 3 is 2.40 bits per heavy atom. The molecule has 2 aliphatic heterocycles. The molecule has 2 saturated heterocycles. The second-order valence-corrected chi connectivity index (χ2v) is 12.4. The van der Waals surface area contributed by atoms with Crippen molar-refractivity contribution in [3.63, 3.8) is 0 Å². The number of benzene rings is 4. The molecule has 5 aromatic rings. The molecule has 2 aliphatic rings. The van der Waals surface area contributed by atoms with Gasteiger partial charge in [0, 0.05) is 69.9 Å². The molecular weight excluding hydrogens is 608 g/mol. The number of aromatic hydroxyl groups is 1. The van der Waals surface area contributed by atoms with Gasteiger partial charge in [0.25, 0.3) is 5.91 Å². The number of fused-ring (bicyclic) bond motifs is 2. The number of likely N-dealkylation sites (tertiary alicyclic amines) is 1. The highest BCUT2D eigenvalue weighted by atomic mass is 16.3. The largest absolute Gasteiger partial charge is 0.508 e. The van der Waals surface area contributed by atoms with Crippen LogP contribution in [0.4, 0.5) is 5.69 Å². The Bertz CT molecular complexity index is 2080. The fraction of sp³-hybridized carbons (Fsp3) is 0.263. The minimum atomic E-state index is -0.927. The van der Waals surface area contributed by atoms with Crippen molar-refractivity contribution in [2.24, 2.45) is 0 Å². The Balaban J connectivity index is 1.11. The highest BCUT2D eigenvalue weighted by molar-refractivity contribution is 5.97. The first-order chi connectivity index (χ1) is 23.3. The molecule has 7 rings (SSSR count). The van der Waals surface area contributed by atoms with Crippen LogP contribution in [0.3, 0.4) is 0 Å². The summed E-state index contributed by atoms with van der Waals surface area (Å²) in [6.07, 6.45) is 1.71. The van der Waals surface area contributed by atoms with E-state index in [1.807, 2.05) is 59.5 Å². The third-order valence-corrected chi connectivity index (χ3v) is 9.25. The fourth-order valence-corrected chi connectivity index (χ4v) is 6.70. The van der Waals surface area contributed by atoms with E-state index < -0.39 is 17.4 Å². The van der Waals surface area contributed by atoms with Crippen molar-refractivity contribution in [2.45, 2.75) is 31.8 Å². The van der Waals surface area contributed by atoms with Gasteiger partial charge in [0.15, 0.2) is 11.2 Å². The molecule has 3 heterocycles. The summed E-state index contributed by atoms with van der Waals surface area (Å²) in [6.45, 7) is 3.42. The molecule has 244 valence electrons. The molecule has 3 amide bonds. The van der Waals surface area contributed by atoms with Gasteiger partial charge in [-0.25, -0.2) is 0 Å². The Labute approximate surface area is 277 Å². The van der Waals surface area contributed by atoms with Gasteiger partial charge < -0.3 is 29.5 Å². The summed E-state index contributed by atoms with van der Waals surface area (Å²) in [4.78, 5) is 58.7. The number of rotatable bonds is 8. The van der Waals surface area contributed by atoms with E-state index in [1.165, 1.54) is 18.2 Å². The van der Waals surface area contributed by atoms with Gasteiger partial charge in [-0.2, -0.15) is 0 Å². The lowest BCUT2D eigenvalue weighted by Crippen LogP contribution is -2.55. The number of anilines is 1. The minimum absolute atomic E-state index is 0.0792. The first-order valence-electron chi connectivity index (χ1n) is 16.3. The van der Waals surface area contributed by atoms with E-state index in [0.29, 0.717) is 39.1 Å². The minimum Gasteiger partial charge on any atom is -0.508 e.